The summed E-state index contributed by atoms with van der Waals surface area (Å²) in [5, 5.41) is 10.9. The van der Waals surface area contributed by atoms with E-state index in [-0.39, 0.29) is 18.1 Å². The summed E-state index contributed by atoms with van der Waals surface area (Å²) in [5.41, 5.74) is 7.00. The number of nitrogens with two attached hydrogens (primary N) is 1. The van der Waals surface area contributed by atoms with Gasteiger partial charge in [0.25, 0.3) is 5.91 Å². The summed E-state index contributed by atoms with van der Waals surface area (Å²) in [6.45, 7) is 2.56. The maximum absolute atomic E-state index is 13.2. The molecule has 0 aliphatic carbocycles. The topological polar surface area (TPSA) is 99.2 Å². The van der Waals surface area contributed by atoms with Crippen molar-refractivity contribution >= 4 is 22.9 Å². The lowest BCUT2D eigenvalue weighted by atomic mass is 10.0. The number of aromatic nitrogens is 4. The molecule has 1 fully saturated rings. The van der Waals surface area contributed by atoms with Crippen molar-refractivity contribution in [2.45, 2.75) is 31.9 Å². The minimum Gasteiger partial charge on any atom is -0.472 e. The van der Waals surface area contributed by atoms with Gasteiger partial charge in [0.1, 0.15) is 6.10 Å². The number of ether oxygens (including phenoxy) is 1. The van der Waals surface area contributed by atoms with Crippen LogP contribution in [0, 0.1) is 0 Å². The number of amides is 1. The molecule has 4 rings (SSSR count). The predicted molar refractivity (Wildman–Crippen MR) is 102 cm³/mol. The highest BCUT2D eigenvalue weighted by Gasteiger charge is 2.32. The lowest BCUT2D eigenvalue weighted by Crippen LogP contribution is -2.49. The predicted octanol–water partition coefficient (Wildman–Crippen LogP) is 2.38. The van der Waals surface area contributed by atoms with Crippen molar-refractivity contribution in [2.75, 3.05) is 12.3 Å². The molecular formula is C18H20N6O2S. The minimum absolute atomic E-state index is 0.0371. The van der Waals surface area contributed by atoms with E-state index in [4.69, 9.17) is 10.5 Å². The molecule has 1 saturated heterocycles. The van der Waals surface area contributed by atoms with Gasteiger partial charge in [0.2, 0.25) is 5.88 Å². The van der Waals surface area contributed by atoms with E-state index in [1.165, 1.54) is 16.1 Å². The molecule has 2 atom stereocenters. The van der Waals surface area contributed by atoms with Crippen LogP contribution < -0.4 is 10.5 Å². The molecule has 2 N–H and O–H groups in total. The largest absolute Gasteiger partial charge is 0.472 e. The molecule has 1 aliphatic heterocycles. The third-order valence-electron chi connectivity index (χ3n) is 4.62. The fraction of sp³-hybridized carbons (Fsp3) is 0.333. The van der Waals surface area contributed by atoms with Gasteiger partial charge in [0.15, 0.2) is 5.00 Å². The van der Waals surface area contributed by atoms with Crippen molar-refractivity contribution in [3.8, 4) is 10.9 Å². The second-order valence-corrected chi connectivity index (χ2v) is 7.40. The Hall–Kier alpha value is -2.94. The molecule has 27 heavy (non-hydrogen) atoms. The Bertz CT molecular complexity index is 926. The first kappa shape index (κ1) is 17.5. The highest BCUT2D eigenvalue weighted by Crippen LogP contribution is 2.27. The number of piperidine rings is 1. The molecular weight excluding hydrogens is 364 g/mol. The Morgan fingerprint density at radius 1 is 1.26 bits per heavy atom. The number of likely N-dealkylation sites (tertiary alicyclic amines) is 1. The Morgan fingerprint density at radius 2 is 2.07 bits per heavy atom. The van der Waals surface area contributed by atoms with Gasteiger partial charge in [-0.25, -0.2) is 4.98 Å². The molecule has 0 spiro atoms. The standard InChI is InChI=1S/C18H20N6O2S/c1-12-2-3-14(26-16-10-13(19)4-6-20-16)11-23(12)17(25)15-5-9-27-18(15)24-21-7-8-22-24/h4-10,12,14H,2-3,11H2,1H3,(H2,19,20). The number of anilines is 1. The number of hydrogen-bond acceptors (Lipinski definition) is 7. The van der Waals surface area contributed by atoms with Gasteiger partial charge in [0, 0.05) is 24.0 Å². The monoisotopic (exact) mass is 384 g/mol. The van der Waals surface area contributed by atoms with Crippen molar-refractivity contribution in [3.63, 3.8) is 0 Å². The normalized spacial score (nSPS) is 19.8. The van der Waals surface area contributed by atoms with Gasteiger partial charge in [-0.2, -0.15) is 10.2 Å². The molecule has 1 aliphatic rings. The summed E-state index contributed by atoms with van der Waals surface area (Å²) >= 11 is 1.44. The van der Waals surface area contributed by atoms with Gasteiger partial charge >= 0.3 is 0 Å². The van der Waals surface area contributed by atoms with E-state index < -0.39 is 0 Å². The lowest BCUT2D eigenvalue weighted by molar-refractivity contribution is 0.0373. The number of carbonyl (C=O) groups excluding carboxylic acids is 1. The molecule has 0 saturated carbocycles. The fourth-order valence-corrected chi connectivity index (χ4v) is 4.01. The van der Waals surface area contributed by atoms with E-state index in [0.717, 1.165) is 17.8 Å². The van der Waals surface area contributed by atoms with Crippen molar-refractivity contribution in [2.24, 2.45) is 0 Å². The molecule has 0 radical (unpaired) electrons. The third-order valence-corrected chi connectivity index (χ3v) is 5.50. The van der Waals surface area contributed by atoms with Crippen LogP contribution in [-0.4, -0.2) is 49.5 Å². The molecule has 0 bridgehead atoms. The zero-order chi connectivity index (χ0) is 18.8. The summed E-state index contributed by atoms with van der Waals surface area (Å²) in [5.74, 6) is 0.448. The highest BCUT2D eigenvalue weighted by molar-refractivity contribution is 7.12. The second-order valence-electron chi connectivity index (χ2n) is 6.51. The number of carbonyl (C=O) groups is 1. The highest BCUT2D eigenvalue weighted by atomic mass is 32.1. The van der Waals surface area contributed by atoms with Gasteiger partial charge in [-0.15, -0.1) is 16.1 Å². The first-order chi connectivity index (χ1) is 13.1. The van der Waals surface area contributed by atoms with Crippen LogP contribution in [0.5, 0.6) is 5.88 Å². The average Bonchev–Trinajstić information content (AvgIpc) is 3.34. The average molecular weight is 384 g/mol. The summed E-state index contributed by atoms with van der Waals surface area (Å²) < 4.78 is 5.97. The molecule has 1 amide bonds. The van der Waals surface area contributed by atoms with Crippen LogP contribution in [0.1, 0.15) is 30.1 Å². The number of hydrogen-bond donors (Lipinski definition) is 1. The molecule has 4 heterocycles. The number of rotatable bonds is 4. The van der Waals surface area contributed by atoms with E-state index in [9.17, 15) is 4.79 Å². The van der Waals surface area contributed by atoms with E-state index in [2.05, 4.69) is 22.1 Å². The Morgan fingerprint density at radius 3 is 2.85 bits per heavy atom. The maximum Gasteiger partial charge on any atom is 0.257 e. The van der Waals surface area contributed by atoms with Gasteiger partial charge in [0.05, 0.1) is 24.5 Å². The molecule has 9 heteroatoms. The maximum atomic E-state index is 13.2. The Kier molecular flexibility index (Phi) is 4.76. The zero-order valence-electron chi connectivity index (χ0n) is 14.9. The van der Waals surface area contributed by atoms with Gasteiger partial charge in [-0.05, 0) is 37.3 Å². The lowest BCUT2D eigenvalue weighted by Gasteiger charge is -2.37. The van der Waals surface area contributed by atoms with E-state index in [1.807, 2.05) is 16.3 Å². The van der Waals surface area contributed by atoms with Crippen molar-refractivity contribution in [3.05, 3.63) is 47.7 Å². The Balaban J connectivity index is 1.52. The summed E-state index contributed by atoms with van der Waals surface area (Å²) in [7, 11) is 0. The van der Waals surface area contributed by atoms with Crippen LogP contribution in [0.25, 0.3) is 5.00 Å². The van der Waals surface area contributed by atoms with Crippen LogP contribution in [0.2, 0.25) is 0 Å². The number of nitrogen functional groups attached to an aromatic ring is 1. The minimum atomic E-state index is -0.121. The Labute approximate surface area is 160 Å². The second kappa shape index (κ2) is 7.36. The van der Waals surface area contributed by atoms with E-state index in [1.54, 1.807) is 30.7 Å². The first-order valence-corrected chi connectivity index (χ1v) is 9.63. The molecule has 3 aromatic heterocycles. The van der Waals surface area contributed by atoms with E-state index in [0.29, 0.717) is 23.7 Å². The summed E-state index contributed by atoms with van der Waals surface area (Å²) in [6.07, 6.45) is 6.41. The third kappa shape index (κ3) is 3.63. The number of thiophene rings is 1. The van der Waals surface area contributed by atoms with Crippen LogP contribution in [0.4, 0.5) is 5.69 Å². The molecule has 140 valence electrons. The van der Waals surface area contributed by atoms with Crippen molar-refractivity contribution in [1.82, 2.24) is 24.9 Å². The molecule has 2 unspecified atom stereocenters. The number of pyridine rings is 1. The van der Waals surface area contributed by atoms with E-state index >= 15 is 0 Å². The zero-order valence-corrected chi connectivity index (χ0v) is 15.7. The molecule has 8 nitrogen and oxygen atoms in total. The van der Waals surface area contributed by atoms with Crippen molar-refractivity contribution < 1.29 is 9.53 Å². The fourth-order valence-electron chi connectivity index (χ4n) is 3.21. The smallest absolute Gasteiger partial charge is 0.257 e. The SMILES string of the molecule is CC1CCC(Oc2cc(N)ccn2)CN1C(=O)c1ccsc1-n1nccn1. The summed E-state index contributed by atoms with van der Waals surface area (Å²) in [4.78, 5) is 20.7. The summed E-state index contributed by atoms with van der Waals surface area (Å²) in [6, 6.07) is 5.37. The van der Waals surface area contributed by atoms with Crippen LogP contribution in [0.3, 0.4) is 0 Å². The van der Waals surface area contributed by atoms with Crippen LogP contribution >= 0.6 is 11.3 Å². The molecule has 0 aromatic carbocycles. The van der Waals surface area contributed by atoms with Gasteiger partial charge in [-0.1, -0.05) is 0 Å². The first-order valence-electron chi connectivity index (χ1n) is 8.75. The quantitative estimate of drug-likeness (QED) is 0.741. The van der Waals surface area contributed by atoms with Crippen molar-refractivity contribution in [1.29, 1.82) is 0 Å². The van der Waals surface area contributed by atoms with Gasteiger partial charge in [-0.3, -0.25) is 4.79 Å². The molecule has 3 aromatic rings. The number of nitrogens with zero attached hydrogens (tertiary/aromatic N) is 5. The van der Waals surface area contributed by atoms with Gasteiger partial charge < -0.3 is 15.4 Å². The van der Waals surface area contributed by atoms with Crippen LogP contribution in [0.15, 0.2) is 42.2 Å². The van der Waals surface area contributed by atoms with Crippen LogP contribution in [-0.2, 0) is 0 Å².